The van der Waals surface area contributed by atoms with E-state index in [1.165, 1.54) is 0 Å². The molecule has 0 amide bonds. The number of hydrogen-bond acceptors (Lipinski definition) is 5. The number of H-pyrrole nitrogens is 1. The van der Waals surface area contributed by atoms with Gasteiger partial charge in [-0.05, 0) is 5.21 Å². The Bertz CT molecular complexity index is 407. The van der Waals surface area contributed by atoms with E-state index in [2.05, 4.69) is 37.4 Å². The van der Waals surface area contributed by atoms with Gasteiger partial charge in [0.2, 0.25) is 0 Å². The Hall–Kier alpha value is -2.11. The molecule has 0 spiro atoms. The van der Waals surface area contributed by atoms with Gasteiger partial charge in [-0.1, -0.05) is 12.7 Å². The van der Waals surface area contributed by atoms with Crippen LogP contribution in [0.5, 0.6) is 0 Å². The van der Waals surface area contributed by atoms with Crippen molar-refractivity contribution in [1.29, 1.82) is 0 Å². The van der Waals surface area contributed by atoms with E-state index in [-0.39, 0.29) is 0 Å². The van der Waals surface area contributed by atoms with Crippen molar-refractivity contribution in [2.24, 2.45) is 0 Å². The van der Waals surface area contributed by atoms with Gasteiger partial charge in [-0.15, -0.1) is 10.2 Å². The molecule has 2 rings (SSSR count). The number of aromatic nitrogens is 6. The maximum Gasteiger partial charge on any atom is 0.133 e. The van der Waals surface area contributed by atoms with Crippen LogP contribution in [-0.4, -0.2) is 30.8 Å². The highest BCUT2D eigenvalue weighted by Crippen LogP contribution is 2.16. The van der Waals surface area contributed by atoms with E-state index in [9.17, 15) is 0 Å². The standard InChI is InChI=1S/C7H6N6/c1-2-5-3-8-13-11-7(5)6-4-9-12-10-6/h2-4H,1H2,(H,9,10,12). The van der Waals surface area contributed by atoms with Crippen LogP contribution in [0.2, 0.25) is 0 Å². The third-order valence-corrected chi connectivity index (χ3v) is 1.54. The largest absolute Gasteiger partial charge is 0.197 e. The number of aromatic amines is 1. The number of nitrogens with zero attached hydrogens (tertiary/aromatic N) is 5. The zero-order valence-electron chi connectivity index (χ0n) is 6.68. The Morgan fingerprint density at radius 2 is 2.31 bits per heavy atom. The van der Waals surface area contributed by atoms with Gasteiger partial charge >= 0.3 is 0 Å². The van der Waals surface area contributed by atoms with Crippen molar-refractivity contribution in [3.63, 3.8) is 0 Å². The lowest BCUT2D eigenvalue weighted by Crippen LogP contribution is -1.94. The van der Waals surface area contributed by atoms with E-state index < -0.39 is 0 Å². The molecule has 1 N–H and O–H groups in total. The van der Waals surface area contributed by atoms with Crippen LogP contribution in [0, 0.1) is 0 Å². The van der Waals surface area contributed by atoms with Crippen molar-refractivity contribution in [3.05, 3.63) is 24.5 Å². The van der Waals surface area contributed by atoms with E-state index in [4.69, 9.17) is 0 Å². The minimum absolute atomic E-state index is 0.624. The smallest absolute Gasteiger partial charge is 0.133 e. The summed E-state index contributed by atoms with van der Waals surface area (Å²) in [6.07, 6.45) is 4.78. The molecule has 0 atom stereocenters. The second-order valence-electron chi connectivity index (χ2n) is 2.30. The van der Waals surface area contributed by atoms with Crippen LogP contribution in [0.15, 0.2) is 19.0 Å². The van der Waals surface area contributed by atoms with Crippen LogP contribution in [0.4, 0.5) is 0 Å². The highest BCUT2D eigenvalue weighted by Gasteiger charge is 2.07. The van der Waals surface area contributed by atoms with Crippen LogP contribution in [0.25, 0.3) is 17.5 Å². The van der Waals surface area contributed by atoms with E-state index in [0.29, 0.717) is 11.4 Å². The highest BCUT2D eigenvalue weighted by molar-refractivity contribution is 5.66. The quantitative estimate of drug-likeness (QED) is 0.708. The number of nitrogens with one attached hydrogen (secondary N) is 1. The summed E-state index contributed by atoms with van der Waals surface area (Å²) < 4.78 is 0. The second kappa shape index (κ2) is 3.10. The predicted molar refractivity (Wildman–Crippen MR) is 45.3 cm³/mol. The molecular weight excluding hydrogens is 168 g/mol. The van der Waals surface area contributed by atoms with E-state index in [0.717, 1.165) is 5.56 Å². The highest BCUT2D eigenvalue weighted by atomic mass is 15.3. The Balaban J connectivity index is 2.57. The molecule has 0 aliphatic rings. The van der Waals surface area contributed by atoms with Crippen LogP contribution >= 0.6 is 0 Å². The predicted octanol–water partition coefficient (Wildman–Crippen LogP) is 0.300. The first kappa shape index (κ1) is 7.53. The summed E-state index contributed by atoms with van der Waals surface area (Å²) in [4.78, 5) is 0. The Kier molecular flexibility index (Phi) is 1.79. The average molecular weight is 174 g/mol. The fourth-order valence-corrected chi connectivity index (χ4v) is 0.942. The van der Waals surface area contributed by atoms with Crippen LogP contribution in [0.3, 0.4) is 0 Å². The summed E-state index contributed by atoms with van der Waals surface area (Å²) in [5.41, 5.74) is 2.03. The molecule has 0 saturated heterocycles. The van der Waals surface area contributed by atoms with Crippen molar-refractivity contribution in [3.8, 4) is 11.4 Å². The first-order valence-electron chi connectivity index (χ1n) is 3.59. The van der Waals surface area contributed by atoms with Gasteiger partial charge < -0.3 is 0 Å². The molecule has 64 valence electrons. The summed E-state index contributed by atoms with van der Waals surface area (Å²) in [5.74, 6) is 0. The maximum atomic E-state index is 3.88. The molecule has 6 nitrogen and oxygen atoms in total. The van der Waals surface area contributed by atoms with E-state index in [1.54, 1.807) is 18.5 Å². The van der Waals surface area contributed by atoms with Gasteiger partial charge in [0.05, 0.1) is 12.4 Å². The third-order valence-electron chi connectivity index (χ3n) is 1.54. The van der Waals surface area contributed by atoms with Gasteiger partial charge in [0.25, 0.3) is 0 Å². The van der Waals surface area contributed by atoms with Crippen LogP contribution in [0.1, 0.15) is 5.56 Å². The molecule has 0 fully saturated rings. The molecule has 0 aromatic carbocycles. The lowest BCUT2D eigenvalue weighted by molar-refractivity contribution is 0.862. The summed E-state index contributed by atoms with van der Waals surface area (Å²) in [6, 6.07) is 0. The Labute approximate surface area is 73.7 Å². The summed E-state index contributed by atoms with van der Waals surface area (Å²) in [7, 11) is 0. The van der Waals surface area contributed by atoms with Gasteiger partial charge in [0, 0.05) is 5.56 Å². The van der Waals surface area contributed by atoms with Crippen molar-refractivity contribution in [2.75, 3.05) is 0 Å². The minimum Gasteiger partial charge on any atom is -0.197 e. The van der Waals surface area contributed by atoms with Gasteiger partial charge in [0.15, 0.2) is 0 Å². The molecule has 0 unspecified atom stereocenters. The summed E-state index contributed by atoms with van der Waals surface area (Å²) in [6.45, 7) is 3.64. The molecule has 2 aromatic rings. The molecule has 0 bridgehead atoms. The maximum absolute atomic E-state index is 3.88. The van der Waals surface area contributed by atoms with Crippen molar-refractivity contribution in [1.82, 2.24) is 30.8 Å². The van der Waals surface area contributed by atoms with Crippen LogP contribution < -0.4 is 0 Å². The van der Waals surface area contributed by atoms with Gasteiger partial charge in [0.1, 0.15) is 11.4 Å². The molecule has 0 radical (unpaired) electrons. The molecule has 0 aliphatic heterocycles. The normalized spacial score (nSPS) is 9.85. The minimum atomic E-state index is 0.624. The summed E-state index contributed by atoms with van der Waals surface area (Å²) in [5, 5.41) is 21.0. The first-order valence-corrected chi connectivity index (χ1v) is 3.59. The fraction of sp³-hybridized carbons (Fsp3) is 0. The summed E-state index contributed by atoms with van der Waals surface area (Å²) >= 11 is 0. The molecule has 2 aromatic heterocycles. The zero-order valence-corrected chi connectivity index (χ0v) is 6.68. The first-order chi connectivity index (χ1) is 6.42. The lowest BCUT2D eigenvalue weighted by Gasteiger charge is -1.96. The molecular formula is C7H6N6. The van der Waals surface area contributed by atoms with Gasteiger partial charge in [-0.25, -0.2) is 0 Å². The van der Waals surface area contributed by atoms with E-state index in [1.807, 2.05) is 0 Å². The second-order valence-corrected chi connectivity index (χ2v) is 2.30. The van der Waals surface area contributed by atoms with Gasteiger partial charge in [-0.2, -0.15) is 15.4 Å². The molecule has 0 saturated carbocycles. The topological polar surface area (TPSA) is 80.2 Å². The van der Waals surface area contributed by atoms with Crippen LogP contribution in [-0.2, 0) is 0 Å². The molecule has 6 heteroatoms. The fourth-order valence-electron chi connectivity index (χ4n) is 0.942. The zero-order chi connectivity index (χ0) is 9.10. The van der Waals surface area contributed by atoms with Crippen molar-refractivity contribution >= 4 is 6.08 Å². The number of hydrogen-bond donors (Lipinski definition) is 1. The molecule has 13 heavy (non-hydrogen) atoms. The van der Waals surface area contributed by atoms with Crippen molar-refractivity contribution < 1.29 is 0 Å². The van der Waals surface area contributed by atoms with Crippen molar-refractivity contribution in [2.45, 2.75) is 0 Å². The average Bonchev–Trinajstić information content (AvgIpc) is 2.70. The van der Waals surface area contributed by atoms with Gasteiger partial charge in [-0.3, -0.25) is 0 Å². The SMILES string of the molecule is C=Cc1cnnnc1-c1cn[nH]n1. The third kappa shape index (κ3) is 1.28. The molecule has 2 heterocycles. The Morgan fingerprint density at radius 3 is 3.00 bits per heavy atom. The van der Waals surface area contributed by atoms with E-state index >= 15 is 0 Å². The lowest BCUT2D eigenvalue weighted by atomic mass is 10.2. The molecule has 0 aliphatic carbocycles. The monoisotopic (exact) mass is 174 g/mol. The number of rotatable bonds is 2. The Morgan fingerprint density at radius 1 is 1.38 bits per heavy atom.